The van der Waals surface area contributed by atoms with Gasteiger partial charge in [-0.05, 0) is 75.8 Å². The summed E-state index contributed by atoms with van der Waals surface area (Å²) in [5, 5.41) is 2.58. The van der Waals surface area contributed by atoms with E-state index in [0.29, 0.717) is 0 Å². The van der Waals surface area contributed by atoms with E-state index in [2.05, 4.69) is 179 Å². The van der Waals surface area contributed by atoms with Crippen LogP contribution in [0.2, 0.25) is 0 Å². The van der Waals surface area contributed by atoms with Gasteiger partial charge in [-0.2, -0.15) is 0 Å². The highest BCUT2D eigenvalue weighted by Crippen LogP contribution is 2.44. The molecule has 9 rings (SSSR count). The molecular formula is C43H30N2. The van der Waals surface area contributed by atoms with E-state index in [-0.39, 0.29) is 0 Å². The van der Waals surface area contributed by atoms with Crippen molar-refractivity contribution in [3.63, 3.8) is 0 Å². The van der Waals surface area contributed by atoms with E-state index in [1.54, 1.807) is 0 Å². The first-order chi connectivity index (χ1) is 22.3. The maximum absolute atomic E-state index is 2.50. The standard InChI is InChI=1S/C43H30N2/c1-3-10-30(11-4-1)32-18-22-35(23-19-32)45(36-24-20-33(21-25-36)31-12-5-2-6-13-31)37-26-27-42-41(28-37)40-17-9-16-39-38-15-8-7-14-34(38)29-44(42)43(39)40/h1-28H,29H2. The van der Waals surface area contributed by atoms with Crippen LogP contribution in [0.1, 0.15) is 5.56 Å². The normalized spacial score (nSPS) is 11.9. The molecule has 1 aliphatic heterocycles. The fourth-order valence-electron chi connectivity index (χ4n) is 7.07. The topological polar surface area (TPSA) is 8.17 Å². The zero-order chi connectivity index (χ0) is 29.7. The van der Waals surface area contributed by atoms with E-state index >= 15 is 0 Å². The Balaban J connectivity index is 1.20. The van der Waals surface area contributed by atoms with Crippen LogP contribution in [0.3, 0.4) is 0 Å². The molecule has 0 unspecified atom stereocenters. The van der Waals surface area contributed by atoms with Crippen molar-refractivity contribution in [1.29, 1.82) is 0 Å². The SMILES string of the molecule is c1ccc(-c2ccc(N(c3ccc(-c4ccccc4)cc3)c3ccc4c(c3)c3cccc5c3n4Cc3ccccc3-5)cc2)cc1. The summed E-state index contributed by atoms with van der Waals surface area (Å²) in [7, 11) is 0. The van der Waals surface area contributed by atoms with Crippen LogP contribution in [0, 0.1) is 0 Å². The van der Waals surface area contributed by atoms with Crippen LogP contribution in [0.15, 0.2) is 170 Å². The molecule has 1 aromatic heterocycles. The van der Waals surface area contributed by atoms with E-state index in [0.717, 1.165) is 23.6 Å². The second-order valence-electron chi connectivity index (χ2n) is 11.8. The number of para-hydroxylation sites is 1. The molecule has 1 aliphatic rings. The highest BCUT2D eigenvalue weighted by Gasteiger charge is 2.23. The predicted molar refractivity (Wildman–Crippen MR) is 190 cm³/mol. The van der Waals surface area contributed by atoms with Crippen LogP contribution in [0.25, 0.3) is 55.2 Å². The maximum atomic E-state index is 2.50. The third kappa shape index (κ3) is 4.26. The van der Waals surface area contributed by atoms with Crippen LogP contribution >= 0.6 is 0 Å². The van der Waals surface area contributed by atoms with Crippen LogP contribution in [-0.4, -0.2) is 4.57 Å². The predicted octanol–water partition coefficient (Wildman–Crippen LogP) is 11.6. The molecule has 0 radical (unpaired) electrons. The van der Waals surface area contributed by atoms with Crippen LogP contribution in [0.4, 0.5) is 17.1 Å². The van der Waals surface area contributed by atoms with E-state index in [9.17, 15) is 0 Å². The molecule has 2 heteroatoms. The molecule has 45 heavy (non-hydrogen) atoms. The van der Waals surface area contributed by atoms with Gasteiger partial charge in [0.15, 0.2) is 0 Å². The molecular weight excluding hydrogens is 544 g/mol. The fourth-order valence-corrected chi connectivity index (χ4v) is 7.07. The van der Waals surface area contributed by atoms with Crippen molar-refractivity contribution < 1.29 is 0 Å². The third-order valence-electron chi connectivity index (χ3n) is 9.23. The van der Waals surface area contributed by atoms with Gasteiger partial charge < -0.3 is 9.47 Å². The molecule has 0 aliphatic carbocycles. The van der Waals surface area contributed by atoms with Crippen molar-refractivity contribution in [3.05, 3.63) is 175 Å². The summed E-state index contributed by atoms with van der Waals surface area (Å²) >= 11 is 0. The van der Waals surface area contributed by atoms with Gasteiger partial charge in [-0.3, -0.25) is 0 Å². The minimum Gasteiger partial charge on any atom is -0.335 e. The molecule has 2 heterocycles. The van der Waals surface area contributed by atoms with Crippen molar-refractivity contribution in [2.24, 2.45) is 0 Å². The number of rotatable bonds is 5. The Labute approximate surface area is 263 Å². The van der Waals surface area contributed by atoms with Crippen molar-refractivity contribution in [1.82, 2.24) is 4.57 Å². The van der Waals surface area contributed by atoms with Gasteiger partial charge in [-0.15, -0.1) is 0 Å². The quantitative estimate of drug-likeness (QED) is 0.198. The molecule has 2 nitrogen and oxygen atoms in total. The number of benzene rings is 7. The van der Waals surface area contributed by atoms with Crippen LogP contribution < -0.4 is 4.90 Å². The number of hydrogen-bond donors (Lipinski definition) is 0. The number of nitrogens with zero attached hydrogens (tertiary/aromatic N) is 2. The van der Waals surface area contributed by atoms with Crippen LogP contribution in [-0.2, 0) is 6.54 Å². The van der Waals surface area contributed by atoms with E-state index < -0.39 is 0 Å². The molecule has 212 valence electrons. The van der Waals surface area contributed by atoms with E-state index in [4.69, 9.17) is 0 Å². The molecule has 0 bridgehead atoms. The number of fused-ring (bicyclic) bond motifs is 5. The first-order valence-corrected chi connectivity index (χ1v) is 15.6. The van der Waals surface area contributed by atoms with Gasteiger partial charge in [0.2, 0.25) is 0 Å². The Bertz CT molecular complexity index is 2230. The minimum absolute atomic E-state index is 0.887. The van der Waals surface area contributed by atoms with Gasteiger partial charge in [0.25, 0.3) is 0 Å². The average molecular weight is 575 g/mol. The number of hydrogen-bond acceptors (Lipinski definition) is 1. The maximum Gasteiger partial charge on any atom is 0.0574 e. The summed E-state index contributed by atoms with van der Waals surface area (Å²) in [6, 6.07) is 61.6. The van der Waals surface area contributed by atoms with E-state index in [1.807, 2.05) is 0 Å². The average Bonchev–Trinajstić information content (AvgIpc) is 3.43. The lowest BCUT2D eigenvalue weighted by Crippen LogP contribution is -2.10. The molecule has 0 spiro atoms. The Morgan fingerprint density at radius 3 is 1.58 bits per heavy atom. The van der Waals surface area contributed by atoms with E-state index in [1.165, 1.54) is 60.8 Å². The van der Waals surface area contributed by atoms with Crippen molar-refractivity contribution in [2.75, 3.05) is 4.90 Å². The summed E-state index contributed by atoms with van der Waals surface area (Å²) in [6.07, 6.45) is 0. The molecule has 8 aromatic rings. The third-order valence-corrected chi connectivity index (χ3v) is 9.23. The largest absolute Gasteiger partial charge is 0.335 e. The molecule has 0 amide bonds. The Morgan fingerprint density at radius 1 is 0.400 bits per heavy atom. The number of anilines is 3. The molecule has 0 N–H and O–H groups in total. The summed E-state index contributed by atoms with van der Waals surface area (Å²) < 4.78 is 2.50. The second-order valence-corrected chi connectivity index (χ2v) is 11.8. The summed E-state index contributed by atoms with van der Waals surface area (Å²) in [4.78, 5) is 2.38. The monoisotopic (exact) mass is 574 g/mol. The Hall–Kier alpha value is -5.86. The first kappa shape index (κ1) is 25.6. The smallest absolute Gasteiger partial charge is 0.0574 e. The van der Waals surface area contributed by atoms with Gasteiger partial charge in [-0.25, -0.2) is 0 Å². The lowest BCUT2D eigenvalue weighted by atomic mass is 9.95. The summed E-state index contributed by atoms with van der Waals surface area (Å²) in [6.45, 7) is 0.887. The summed E-state index contributed by atoms with van der Waals surface area (Å²) in [5.74, 6) is 0. The minimum atomic E-state index is 0.887. The van der Waals surface area contributed by atoms with Crippen molar-refractivity contribution >= 4 is 38.9 Å². The summed E-state index contributed by atoms with van der Waals surface area (Å²) in [5.41, 5.74) is 14.9. The second kappa shape index (κ2) is 10.4. The van der Waals surface area contributed by atoms with Gasteiger partial charge >= 0.3 is 0 Å². The van der Waals surface area contributed by atoms with Crippen molar-refractivity contribution in [2.45, 2.75) is 6.54 Å². The Kier molecular flexibility index (Phi) is 5.92. The van der Waals surface area contributed by atoms with Gasteiger partial charge in [0.1, 0.15) is 0 Å². The van der Waals surface area contributed by atoms with Gasteiger partial charge in [-0.1, -0.05) is 127 Å². The van der Waals surface area contributed by atoms with Gasteiger partial charge in [0, 0.05) is 45.5 Å². The first-order valence-electron chi connectivity index (χ1n) is 15.6. The number of aromatic nitrogens is 1. The lowest BCUT2D eigenvalue weighted by molar-refractivity contribution is 0.860. The lowest BCUT2D eigenvalue weighted by Gasteiger charge is -2.26. The highest BCUT2D eigenvalue weighted by molar-refractivity contribution is 6.14. The zero-order valence-corrected chi connectivity index (χ0v) is 24.8. The molecule has 7 aromatic carbocycles. The molecule has 0 fully saturated rings. The van der Waals surface area contributed by atoms with Crippen LogP contribution in [0.5, 0.6) is 0 Å². The van der Waals surface area contributed by atoms with Gasteiger partial charge in [0.05, 0.1) is 5.52 Å². The Morgan fingerprint density at radius 2 is 0.933 bits per heavy atom. The fraction of sp³-hybridized carbons (Fsp3) is 0.0233. The van der Waals surface area contributed by atoms with Crippen molar-refractivity contribution in [3.8, 4) is 33.4 Å². The molecule has 0 saturated heterocycles. The zero-order valence-electron chi connectivity index (χ0n) is 24.8. The highest BCUT2D eigenvalue weighted by atomic mass is 15.1. The molecule has 0 saturated carbocycles. The molecule has 0 atom stereocenters.